The number of nitrogens with zero attached hydrogens (tertiary/aromatic N) is 2. The Morgan fingerprint density at radius 1 is 0.750 bits per heavy atom. The van der Waals surface area contributed by atoms with E-state index >= 15 is 0 Å². The second-order valence-electron chi connectivity index (χ2n) is 9.41. The van der Waals surface area contributed by atoms with Gasteiger partial charge in [0.15, 0.2) is 0 Å². The number of aryl methyl sites for hydroxylation is 3. The van der Waals surface area contributed by atoms with E-state index in [1.54, 1.807) is 7.11 Å². The quantitative estimate of drug-likeness (QED) is 0.224. The van der Waals surface area contributed by atoms with Crippen LogP contribution >= 0.6 is 0 Å². The maximum absolute atomic E-state index is 5.93. The van der Waals surface area contributed by atoms with Gasteiger partial charge in [-0.1, -0.05) is 86.6 Å². The third-order valence-electron chi connectivity index (χ3n) is 7.03. The number of ether oxygens (including phenoxy) is 1. The van der Waals surface area contributed by atoms with Gasteiger partial charge in [-0.05, 0) is 54.0 Å². The molecule has 1 aromatic heterocycles. The van der Waals surface area contributed by atoms with E-state index in [1.807, 2.05) is 6.20 Å². The number of hydrogen-bond donors (Lipinski definition) is 0. The lowest BCUT2D eigenvalue weighted by Crippen LogP contribution is -2.26. The smallest absolute Gasteiger partial charge is 0.127 e. The van der Waals surface area contributed by atoms with Crippen LogP contribution in [0.4, 0.5) is 0 Å². The molecule has 0 aliphatic rings. The van der Waals surface area contributed by atoms with Crippen LogP contribution in [-0.2, 0) is 32.4 Å². The summed E-state index contributed by atoms with van der Waals surface area (Å²) in [5, 5.41) is 0. The van der Waals surface area contributed by atoms with Gasteiger partial charge >= 0.3 is 0 Å². The van der Waals surface area contributed by atoms with Crippen molar-refractivity contribution in [2.24, 2.45) is 0 Å². The summed E-state index contributed by atoms with van der Waals surface area (Å²) in [6.45, 7) is 9.25. The Morgan fingerprint density at radius 3 is 2.06 bits per heavy atom. The Bertz CT molecular complexity index is 1240. The van der Waals surface area contributed by atoms with Crippen molar-refractivity contribution in [3.8, 4) is 17.0 Å². The van der Waals surface area contributed by atoms with Crippen molar-refractivity contribution < 1.29 is 4.74 Å². The van der Waals surface area contributed by atoms with Crippen molar-refractivity contribution in [3.63, 3.8) is 0 Å². The number of aromatic nitrogens is 1. The molecular weight excluding hydrogens is 440 g/mol. The van der Waals surface area contributed by atoms with Gasteiger partial charge in [0.1, 0.15) is 5.75 Å². The van der Waals surface area contributed by atoms with Gasteiger partial charge in [-0.2, -0.15) is 0 Å². The van der Waals surface area contributed by atoms with E-state index in [1.165, 1.54) is 33.4 Å². The summed E-state index contributed by atoms with van der Waals surface area (Å²) in [5.41, 5.74) is 10.1. The molecule has 1 heterocycles. The van der Waals surface area contributed by atoms with E-state index in [9.17, 15) is 0 Å². The third-order valence-corrected chi connectivity index (χ3v) is 7.03. The molecule has 3 heteroatoms. The molecule has 0 spiro atoms. The van der Waals surface area contributed by atoms with Crippen LogP contribution in [0.25, 0.3) is 11.3 Å². The van der Waals surface area contributed by atoms with Crippen LogP contribution in [0.1, 0.15) is 47.2 Å². The zero-order valence-corrected chi connectivity index (χ0v) is 22.1. The fraction of sp³-hybridized carbons (Fsp3) is 0.303. The molecule has 0 aliphatic heterocycles. The number of methoxy groups -OCH3 is 1. The first-order chi connectivity index (χ1) is 17.6. The lowest BCUT2D eigenvalue weighted by molar-refractivity contribution is 0.254. The molecule has 0 N–H and O–H groups in total. The first kappa shape index (κ1) is 25.7. The fourth-order valence-corrected chi connectivity index (χ4v) is 4.90. The highest BCUT2D eigenvalue weighted by Gasteiger charge is 2.16. The highest BCUT2D eigenvalue weighted by molar-refractivity contribution is 5.69. The molecular formula is C33H38N2O. The number of rotatable bonds is 11. The van der Waals surface area contributed by atoms with E-state index in [-0.39, 0.29) is 0 Å². The van der Waals surface area contributed by atoms with Crippen LogP contribution in [0, 0.1) is 6.92 Å². The van der Waals surface area contributed by atoms with Gasteiger partial charge in [-0.3, -0.25) is 9.88 Å². The zero-order valence-electron chi connectivity index (χ0n) is 22.1. The lowest BCUT2D eigenvalue weighted by Gasteiger charge is -2.25. The highest BCUT2D eigenvalue weighted by atomic mass is 16.5. The Kier molecular flexibility index (Phi) is 8.91. The summed E-state index contributed by atoms with van der Waals surface area (Å²) in [7, 11) is 1.77. The molecule has 4 rings (SSSR count). The Hall–Kier alpha value is -3.43. The van der Waals surface area contributed by atoms with Gasteiger partial charge in [-0.15, -0.1) is 0 Å². The molecule has 0 atom stereocenters. The average molecular weight is 479 g/mol. The Morgan fingerprint density at radius 2 is 1.39 bits per heavy atom. The molecule has 36 heavy (non-hydrogen) atoms. The number of hydrogen-bond acceptors (Lipinski definition) is 3. The van der Waals surface area contributed by atoms with E-state index in [0.717, 1.165) is 55.9 Å². The summed E-state index contributed by atoms with van der Waals surface area (Å²) in [4.78, 5) is 7.47. The van der Waals surface area contributed by atoms with Crippen molar-refractivity contribution in [3.05, 3.63) is 118 Å². The van der Waals surface area contributed by atoms with Crippen molar-refractivity contribution >= 4 is 0 Å². The number of pyridine rings is 1. The predicted molar refractivity (Wildman–Crippen MR) is 150 cm³/mol. The monoisotopic (exact) mass is 478 g/mol. The molecule has 0 radical (unpaired) electrons. The first-order valence-electron chi connectivity index (χ1n) is 13.1. The van der Waals surface area contributed by atoms with E-state index in [0.29, 0.717) is 0 Å². The van der Waals surface area contributed by atoms with Crippen LogP contribution in [0.15, 0.2) is 85.1 Å². The molecule has 3 aromatic carbocycles. The predicted octanol–water partition coefficient (Wildman–Crippen LogP) is 7.44. The molecule has 0 unspecified atom stereocenters. The van der Waals surface area contributed by atoms with E-state index < -0.39 is 0 Å². The third kappa shape index (κ3) is 6.22. The summed E-state index contributed by atoms with van der Waals surface area (Å²) >= 11 is 0. The Balaban J connectivity index is 1.63. The van der Waals surface area contributed by atoms with E-state index in [4.69, 9.17) is 9.72 Å². The maximum atomic E-state index is 5.93. The first-order valence-corrected chi connectivity index (χ1v) is 13.1. The molecule has 0 fully saturated rings. The van der Waals surface area contributed by atoms with Crippen molar-refractivity contribution in [2.45, 2.75) is 53.1 Å². The minimum Gasteiger partial charge on any atom is -0.496 e. The number of benzene rings is 3. The normalized spacial score (nSPS) is 11.1. The van der Waals surface area contributed by atoms with Crippen LogP contribution in [0.3, 0.4) is 0 Å². The SMILES string of the molecule is CCc1cccc(CC)c1-c1cc(OC)c(CN(CCc2ccccc2)Cc2ccccc2C)cn1. The van der Waals surface area contributed by atoms with Gasteiger partial charge in [0.2, 0.25) is 0 Å². The summed E-state index contributed by atoms with van der Waals surface area (Å²) in [6, 6.07) is 28.1. The van der Waals surface area contributed by atoms with Gasteiger partial charge in [0.25, 0.3) is 0 Å². The Labute approximate surface area is 216 Å². The molecule has 0 saturated heterocycles. The van der Waals surface area contributed by atoms with Gasteiger partial charge in [0.05, 0.1) is 12.8 Å². The maximum Gasteiger partial charge on any atom is 0.127 e. The summed E-state index contributed by atoms with van der Waals surface area (Å²) in [6.07, 6.45) is 4.99. The van der Waals surface area contributed by atoms with Gasteiger partial charge in [0, 0.05) is 43.0 Å². The topological polar surface area (TPSA) is 25.4 Å². The van der Waals surface area contributed by atoms with Crippen LogP contribution in [0.5, 0.6) is 5.75 Å². The second-order valence-corrected chi connectivity index (χ2v) is 9.41. The minimum absolute atomic E-state index is 0.785. The lowest BCUT2D eigenvalue weighted by atomic mass is 9.94. The summed E-state index contributed by atoms with van der Waals surface area (Å²) < 4.78 is 5.93. The molecule has 4 aromatic rings. The van der Waals surface area contributed by atoms with Gasteiger partial charge in [-0.25, -0.2) is 0 Å². The molecule has 0 bridgehead atoms. The van der Waals surface area contributed by atoms with Crippen LogP contribution in [-0.4, -0.2) is 23.5 Å². The van der Waals surface area contributed by atoms with Gasteiger partial charge < -0.3 is 4.74 Å². The molecule has 3 nitrogen and oxygen atoms in total. The fourth-order valence-electron chi connectivity index (χ4n) is 4.90. The molecule has 186 valence electrons. The standard InChI is InChI=1S/C33H38N2O/c1-5-27-17-12-18-28(6-2)33(27)31-21-32(36-4)30(22-34-31)24-35(20-19-26-14-8-7-9-15-26)23-29-16-11-10-13-25(29)3/h7-18,21-22H,5-6,19-20,23-24H2,1-4H3. The zero-order chi connectivity index (χ0) is 25.3. The second kappa shape index (κ2) is 12.5. The molecule has 0 aliphatic carbocycles. The minimum atomic E-state index is 0.785. The van der Waals surface area contributed by atoms with Crippen LogP contribution < -0.4 is 4.74 Å². The molecule has 0 saturated carbocycles. The van der Waals surface area contributed by atoms with Crippen molar-refractivity contribution in [2.75, 3.05) is 13.7 Å². The molecule has 0 amide bonds. The average Bonchev–Trinajstić information content (AvgIpc) is 2.93. The van der Waals surface area contributed by atoms with Crippen molar-refractivity contribution in [1.82, 2.24) is 9.88 Å². The summed E-state index contributed by atoms with van der Waals surface area (Å²) in [5.74, 6) is 0.905. The van der Waals surface area contributed by atoms with Crippen molar-refractivity contribution in [1.29, 1.82) is 0 Å². The highest BCUT2D eigenvalue weighted by Crippen LogP contribution is 2.32. The van der Waals surface area contributed by atoms with E-state index in [2.05, 4.69) is 105 Å². The largest absolute Gasteiger partial charge is 0.496 e. The van der Waals surface area contributed by atoms with Crippen LogP contribution in [0.2, 0.25) is 0 Å².